The predicted molar refractivity (Wildman–Crippen MR) is 101 cm³/mol. The highest BCUT2D eigenvalue weighted by atomic mass is 19.1. The standard InChI is InChI=1S/C19H16FN5O3/c1-28-13-4-2-11-8-17(22-16(11)10-13)18(26)21-6-7-25-19(27)14-9-12(20)3-5-15(14)23-24-25/h2-5,8-10,22H,6-7H2,1H3,(H,21,26). The summed E-state index contributed by atoms with van der Waals surface area (Å²) in [5.74, 6) is -0.150. The Morgan fingerprint density at radius 3 is 2.93 bits per heavy atom. The second-order valence-electron chi connectivity index (χ2n) is 6.17. The van der Waals surface area contributed by atoms with Crippen LogP contribution < -0.4 is 15.6 Å². The minimum absolute atomic E-state index is 0.109. The number of halogens is 1. The molecule has 142 valence electrons. The quantitative estimate of drug-likeness (QED) is 0.549. The number of amides is 1. The van der Waals surface area contributed by atoms with E-state index in [1.807, 2.05) is 12.1 Å². The van der Waals surface area contributed by atoms with E-state index < -0.39 is 11.4 Å². The molecule has 2 aromatic heterocycles. The fraction of sp³-hybridized carbons (Fsp3) is 0.158. The maximum absolute atomic E-state index is 13.4. The maximum Gasteiger partial charge on any atom is 0.277 e. The number of methoxy groups -OCH3 is 1. The summed E-state index contributed by atoms with van der Waals surface area (Å²) in [6.45, 7) is 0.269. The van der Waals surface area contributed by atoms with E-state index in [0.717, 1.165) is 21.7 Å². The molecule has 9 heteroatoms. The normalized spacial score (nSPS) is 11.1. The zero-order valence-corrected chi connectivity index (χ0v) is 14.9. The van der Waals surface area contributed by atoms with Gasteiger partial charge in [0.15, 0.2) is 0 Å². The van der Waals surface area contributed by atoms with Gasteiger partial charge < -0.3 is 15.0 Å². The largest absolute Gasteiger partial charge is 0.497 e. The summed E-state index contributed by atoms with van der Waals surface area (Å²) in [4.78, 5) is 27.8. The Bertz CT molecular complexity index is 1250. The summed E-state index contributed by atoms with van der Waals surface area (Å²) >= 11 is 0. The molecule has 2 N–H and O–H groups in total. The van der Waals surface area contributed by atoms with Crippen LogP contribution >= 0.6 is 0 Å². The minimum Gasteiger partial charge on any atom is -0.497 e. The zero-order valence-electron chi connectivity index (χ0n) is 14.9. The third-order valence-electron chi connectivity index (χ3n) is 4.37. The van der Waals surface area contributed by atoms with Gasteiger partial charge in [-0.15, -0.1) is 5.10 Å². The number of nitrogens with zero attached hydrogens (tertiary/aromatic N) is 3. The number of rotatable bonds is 5. The molecule has 4 aromatic rings. The second-order valence-corrected chi connectivity index (χ2v) is 6.17. The van der Waals surface area contributed by atoms with E-state index in [2.05, 4.69) is 20.6 Å². The summed E-state index contributed by atoms with van der Waals surface area (Å²) < 4.78 is 19.6. The first-order valence-electron chi connectivity index (χ1n) is 8.53. The molecule has 0 unspecified atom stereocenters. The van der Waals surface area contributed by atoms with Crippen molar-refractivity contribution in [1.29, 1.82) is 0 Å². The van der Waals surface area contributed by atoms with Crippen molar-refractivity contribution in [3.63, 3.8) is 0 Å². The molecule has 0 aliphatic carbocycles. The highest BCUT2D eigenvalue weighted by Crippen LogP contribution is 2.21. The Morgan fingerprint density at radius 2 is 2.11 bits per heavy atom. The number of carbonyl (C=O) groups excluding carboxylic acids is 1. The van der Waals surface area contributed by atoms with Crippen LogP contribution in [0.1, 0.15) is 10.5 Å². The maximum atomic E-state index is 13.4. The van der Waals surface area contributed by atoms with Crippen LogP contribution in [-0.4, -0.2) is 39.5 Å². The first-order valence-corrected chi connectivity index (χ1v) is 8.53. The molecule has 2 heterocycles. The third kappa shape index (κ3) is 3.29. The van der Waals surface area contributed by atoms with Crippen molar-refractivity contribution >= 4 is 27.7 Å². The summed E-state index contributed by atoms with van der Waals surface area (Å²) in [5, 5.41) is 11.5. The number of benzene rings is 2. The van der Waals surface area contributed by atoms with Crippen LogP contribution in [0.25, 0.3) is 21.8 Å². The van der Waals surface area contributed by atoms with Gasteiger partial charge in [0.2, 0.25) is 0 Å². The van der Waals surface area contributed by atoms with E-state index >= 15 is 0 Å². The van der Waals surface area contributed by atoms with Crippen LogP contribution in [-0.2, 0) is 6.54 Å². The van der Waals surface area contributed by atoms with Crippen LogP contribution in [0.3, 0.4) is 0 Å². The number of aromatic nitrogens is 4. The molecule has 28 heavy (non-hydrogen) atoms. The number of hydrogen-bond donors (Lipinski definition) is 2. The van der Waals surface area contributed by atoms with Gasteiger partial charge in [0.05, 0.1) is 19.0 Å². The Balaban J connectivity index is 1.46. The van der Waals surface area contributed by atoms with Crippen molar-refractivity contribution < 1.29 is 13.9 Å². The lowest BCUT2D eigenvalue weighted by Crippen LogP contribution is -2.32. The molecule has 0 fully saturated rings. The Hall–Kier alpha value is -3.75. The topological polar surface area (TPSA) is 102 Å². The summed E-state index contributed by atoms with van der Waals surface area (Å²) in [7, 11) is 1.57. The van der Waals surface area contributed by atoms with E-state index in [9.17, 15) is 14.0 Å². The van der Waals surface area contributed by atoms with E-state index in [1.165, 1.54) is 12.1 Å². The highest BCUT2D eigenvalue weighted by Gasteiger charge is 2.11. The Kier molecular flexibility index (Phi) is 4.48. The fourth-order valence-electron chi connectivity index (χ4n) is 2.92. The Morgan fingerprint density at radius 1 is 1.25 bits per heavy atom. The van der Waals surface area contributed by atoms with Crippen molar-refractivity contribution in [3.8, 4) is 5.75 Å². The molecule has 0 saturated carbocycles. The lowest BCUT2D eigenvalue weighted by Gasteiger charge is -2.06. The van der Waals surface area contributed by atoms with Gasteiger partial charge in [0, 0.05) is 23.5 Å². The number of aromatic amines is 1. The molecule has 4 rings (SSSR count). The molecule has 0 spiro atoms. The number of nitrogens with one attached hydrogen (secondary N) is 2. The van der Waals surface area contributed by atoms with Gasteiger partial charge in [-0.05, 0) is 36.4 Å². The first kappa shape index (κ1) is 17.7. The molecular weight excluding hydrogens is 365 g/mol. The Labute approximate surface area is 157 Å². The molecule has 0 aliphatic heterocycles. The zero-order chi connectivity index (χ0) is 19.7. The van der Waals surface area contributed by atoms with E-state index in [-0.39, 0.29) is 24.4 Å². The van der Waals surface area contributed by atoms with E-state index in [1.54, 1.807) is 19.2 Å². The predicted octanol–water partition coefficient (Wildman–Crippen LogP) is 1.85. The molecule has 0 saturated heterocycles. The SMILES string of the molecule is COc1ccc2cc(C(=O)NCCn3nnc4ccc(F)cc4c3=O)[nH]c2c1. The summed E-state index contributed by atoms with van der Waals surface area (Å²) in [5.41, 5.74) is 1.03. The van der Waals surface area contributed by atoms with Crippen molar-refractivity contribution in [1.82, 2.24) is 25.3 Å². The molecule has 0 radical (unpaired) electrons. The second kappa shape index (κ2) is 7.10. The van der Waals surface area contributed by atoms with Crippen molar-refractivity contribution in [3.05, 3.63) is 64.3 Å². The minimum atomic E-state index is -0.520. The van der Waals surface area contributed by atoms with Crippen molar-refractivity contribution in [2.24, 2.45) is 0 Å². The average Bonchev–Trinajstić information content (AvgIpc) is 3.13. The average molecular weight is 381 g/mol. The van der Waals surface area contributed by atoms with Crippen LogP contribution in [0.4, 0.5) is 4.39 Å². The van der Waals surface area contributed by atoms with Gasteiger partial charge in [0.1, 0.15) is 22.8 Å². The number of H-pyrrole nitrogens is 1. The first-order chi connectivity index (χ1) is 13.5. The van der Waals surface area contributed by atoms with E-state index in [4.69, 9.17) is 4.74 Å². The number of ether oxygens (including phenoxy) is 1. The van der Waals surface area contributed by atoms with E-state index in [0.29, 0.717) is 17.0 Å². The molecule has 0 bridgehead atoms. The summed E-state index contributed by atoms with van der Waals surface area (Å²) in [6.07, 6.45) is 0. The lowest BCUT2D eigenvalue weighted by atomic mass is 10.2. The molecule has 1 amide bonds. The smallest absolute Gasteiger partial charge is 0.277 e. The monoisotopic (exact) mass is 381 g/mol. The van der Waals surface area contributed by atoms with Crippen molar-refractivity contribution in [2.75, 3.05) is 13.7 Å². The van der Waals surface area contributed by atoms with Gasteiger partial charge in [0.25, 0.3) is 11.5 Å². The van der Waals surface area contributed by atoms with Crippen LogP contribution in [0.5, 0.6) is 5.75 Å². The van der Waals surface area contributed by atoms with Crippen LogP contribution in [0.15, 0.2) is 47.3 Å². The molecule has 0 atom stereocenters. The molecule has 0 aliphatic rings. The lowest BCUT2D eigenvalue weighted by molar-refractivity contribution is 0.0947. The highest BCUT2D eigenvalue weighted by molar-refractivity contribution is 5.98. The third-order valence-corrected chi connectivity index (χ3v) is 4.37. The van der Waals surface area contributed by atoms with Gasteiger partial charge in [-0.3, -0.25) is 9.59 Å². The van der Waals surface area contributed by atoms with Gasteiger partial charge >= 0.3 is 0 Å². The summed E-state index contributed by atoms with van der Waals surface area (Å²) in [6, 6.07) is 10.9. The van der Waals surface area contributed by atoms with Gasteiger partial charge in [-0.25, -0.2) is 9.07 Å². The fourth-order valence-corrected chi connectivity index (χ4v) is 2.92. The molecule has 2 aromatic carbocycles. The number of carbonyl (C=O) groups is 1. The molecular formula is C19H16FN5O3. The van der Waals surface area contributed by atoms with Gasteiger partial charge in [-0.1, -0.05) is 5.21 Å². The van der Waals surface area contributed by atoms with Crippen molar-refractivity contribution in [2.45, 2.75) is 6.54 Å². The van der Waals surface area contributed by atoms with Crippen LogP contribution in [0.2, 0.25) is 0 Å². The number of fused-ring (bicyclic) bond motifs is 2. The van der Waals surface area contributed by atoms with Gasteiger partial charge in [-0.2, -0.15) is 0 Å². The number of hydrogen-bond acceptors (Lipinski definition) is 5. The molecule has 8 nitrogen and oxygen atoms in total. The van der Waals surface area contributed by atoms with Crippen LogP contribution in [0, 0.1) is 5.82 Å².